The Hall–Kier alpha value is -0.0800. The summed E-state index contributed by atoms with van der Waals surface area (Å²) in [5.41, 5.74) is 0. The molecule has 1 N–H and O–H groups in total. The highest BCUT2D eigenvalue weighted by molar-refractivity contribution is 4.94. The number of piperidine rings is 2. The monoisotopic (exact) mass is 154 g/mol. The second kappa shape index (κ2) is 2.76. The predicted molar refractivity (Wildman–Crippen MR) is 46.6 cm³/mol. The highest BCUT2D eigenvalue weighted by Gasteiger charge is 2.35. The van der Waals surface area contributed by atoms with Gasteiger partial charge in [-0.05, 0) is 45.8 Å². The smallest absolute Gasteiger partial charge is 0.0144 e. The minimum Gasteiger partial charge on any atom is -0.314 e. The summed E-state index contributed by atoms with van der Waals surface area (Å²) >= 11 is 0. The van der Waals surface area contributed by atoms with Crippen LogP contribution in [0.4, 0.5) is 0 Å². The van der Waals surface area contributed by atoms with Crippen LogP contribution in [0.25, 0.3) is 0 Å². The van der Waals surface area contributed by atoms with Crippen LogP contribution in [-0.4, -0.2) is 37.6 Å². The fourth-order valence-corrected chi connectivity index (χ4v) is 2.58. The van der Waals surface area contributed by atoms with Crippen LogP contribution in [0.2, 0.25) is 0 Å². The first-order chi connectivity index (χ1) is 5.27. The molecule has 3 fully saturated rings. The minimum atomic E-state index is 0.826. The maximum Gasteiger partial charge on any atom is 0.0144 e. The van der Waals surface area contributed by atoms with Gasteiger partial charge in [0.1, 0.15) is 0 Å². The lowest BCUT2D eigenvalue weighted by molar-refractivity contribution is 0.0885. The first-order valence-corrected chi connectivity index (χ1v) is 4.67. The molecule has 3 aliphatic rings. The highest BCUT2D eigenvalue weighted by Crippen LogP contribution is 2.31. The van der Waals surface area contributed by atoms with Gasteiger partial charge in [-0.1, -0.05) is 0 Å². The average Bonchev–Trinajstić information content (AvgIpc) is 2.06. The third-order valence-corrected chi connectivity index (χ3v) is 3.29. The van der Waals surface area contributed by atoms with Gasteiger partial charge in [-0.25, -0.2) is 0 Å². The summed E-state index contributed by atoms with van der Waals surface area (Å²) in [7, 11) is 4.43. The molecule has 2 heteroatoms. The Labute approximate surface area is 69.0 Å². The fourth-order valence-electron chi connectivity index (χ4n) is 2.58. The summed E-state index contributed by atoms with van der Waals surface area (Å²) in [5, 5.41) is 3.58. The topological polar surface area (TPSA) is 15.3 Å². The van der Waals surface area contributed by atoms with Gasteiger partial charge in [0.25, 0.3) is 0 Å². The van der Waals surface area contributed by atoms with Gasteiger partial charge in [-0.2, -0.15) is 0 Å². The molecule has 0 aromatic heterocycles. The Morgan fingerprint density at radius 3 is 2.36 bits per heavy atom. The summed E-state index contributed by atoms with van der Waals surface area (Å²) in [4.78, 5) is 2.40. The van der Waals surface area contributed by atoms with E-state index in [1.54, 1.807) is 0 Å². The molecule has 2 heterocycles. The SMILES string of the molecule is CN(C)C1CC2CCC1CN2. The lowest BCUT2D eigenvalue weighted by Crippen LogP contribution is -2.55. The van der Waals surface area contributed by atoms with E-state index in [0.717, 1.165) is 18.0 Å². The molecule has 2 bridgehead atoms. The zero-order valence-corrected chi connectivity index (χ0v) is 7.51. The van der Waals surface area contributed by atoms with Crippen LogP contribution in [0.5, 0.6) is 0 Å². The number of rotatable bonds is 1. The molecule has 0 amide bonds. The number of nitrogens with one attached hydrogen (secondary N) is 1. The maximum atomic E-state index is 3.58. The van der Waals surface area contributed by atoms with Gasteiger partial charge in [0, 0.05) is 12.1 Å². The van der Waals surface area contributed by atoms with E-state index >= 15 is 0 Å². The molecule has 2 saturated heterocycles. The molecule has 2 nitrogen and oxygen atoms in total. The van der Waals surface area contributed by atoms with Crippen molar-refractivity contribution < 1.29 is 0 Å². The van der Waals surface area contributed by atoms with Gasteiger partial charge in [0.15, 0.2) is 0 Å². The summed E-state index contributed by atoms with van der Waals surface area (Å²) in [5.74, 6) is 0.926. The summed E-state index contributed by atoms with van der Waals surface area (Å²) in [6, 6.07) is 1.68. The molecule has 1 aliphatic carbocycles. The fraction of sp³-hybridized carbons (Fsp3) is 1.00. The van der Waals surface area contributed by atoms with Crippen molar-refractivity contribution in [2.45, 2.75) is 31.3 Å². The Balaban J connectivity index is 2.03. The molecule has 3 atom stereocenters. The molecule has 2 aliphatic heterocycles. The standard InChI is InChI=1S/C9H18N2/c1-11(2)9-5-8-4-3-7(9)6-10-8/h7-10H,3-6H2,1-2H3. The van der Waals surface area contributed by atoms with Gasteiger partial charge < -0.3 is 10.2 Å². The van der Waals surface area contributed by atoms with E-state index in [2.05, 4.69) is 24.3 Å². The van der Waals surface area contributed by atoms with E-state index in [1.807, 2.05) is 0 Å². The third kappa shape index (κ3) is 1.30. The molecular weight excluding hydrogens is 136 g/mol. The van der Waals surface area contributed by atoms with Crippen LogP contribution in [0.15, 0.2) is 0 Å². The van der Waals surface area contributed by atoms with Gasteiger partial charge in [-0.15, -0.1) is 0 Å². The van der Waals surface area contributed by atoms with Crippen LogP contribution in [-0.2, 0) is 0 Å². The lowest BCUT2D eigenvalue weighted by atomic mass is 9.77. The van der Waals surface area contributed by atoms with Crippen molar-refractivity contribution in [2.24, 2.45) is 5.92 Å². The van der Waals surface area contributed by atoms with E-state index in [4.69, 9.17) is 0 Å². The average molecular weight is 154 g/mol. The van der Waals surface area contributed by atoms with Gasteiger partial charge in [-0.3, -0.25) is 0 Å². The number of hydrogen-bond acceptors (Lipinski definition) is 2. The molecule has 1 saturated carbocycles. The van der Waals surface area contributed by atoms with Crippen LogP contribution in [0, 0.1) is 5.92 Å². The summed E-state index contributed by atoms with van der Waals surface area (Å²) in [6.45, 7) is 1.26. The first kappa shape index (κ1) is 7.56. The van der Waals surface area contributed by atoms with Crippen molar-refractivity contribution >= 4 is 0 Å². The Morgan fingerprint density at radius 2 is 2.09 bits per heavy atom. The largest absolute Gasteiger partial charge is 0.314 e. The second-order valence-corrected chi connectivity index (χ2v) is 4.21. The molecule has 11 heavy (non-hydrogen) atoms. The van der Waals surface area contributed by atoms with Gasteiger partial charge in [0.2, 0.25) is 0 Å². The molecule has 0 aromatic carbocycles. The Kier molecular flexibility index (Phi) is 1.90. The van der Waals surface area contributed by atoms with Crippen molar-refractivity contribution in [2.75, 3.05) is 20.6 Å². The Morgan fingerprint density at radius 1 is 1.27 bits per heavy atom. The van der Waals surface area contributed by atoms with Crippen molar-refractivity contribution in [1.82, 2.24) is 10.2 Å². The summed E-state index contributed by atoms with van der Waals surface area (Å²) < 4.78 is 0. The zero-order valence-electron chi connectivity index (χ0n) is 7.51. The minimum absolute atomic E-state index is 0.826. The van der Waals surface area contributed by atoms with Crippen LogP contribution in [0.1, 0.15) is 19.3 Å². The van der Waals surface area contributed by atoms with Crippen molar-refractivity contribution in [3.63, 3.8) is 0 Å². The molecular formula is C9H18N2. The van der Waals surface area contributed by atoms with Gasteiger partial charge >= 0.3 is 0 Å². The second-order valence-electron chi connectivity index (χ2n) is 4.21. The maximum absolute atomic E-state index is 3.58. The van der Waals surface area contributed by atoms with Gasteiger partial charge in [0.05, 0.1) is 0 Å². The lowest BCUT2D eigenvalue weighted by Gasteiger charge is -2.45. The van der Waals surface area contributed by atoms with E-state index in [1.165, 1.54) is 25.8 Å². The molecule has 0 aromatic rings. The van der Waals surface area contributed by atoms with E-state index < -0.39 is 0 Å². The van der Waals surface area contributed by atoms with Crippen molar-refractivity contribution in [1.29, 1.82) is 0 Å². The zero-order chi connectivity index (χ0) is 7.84. The molecule has 0 spiro atoms. The quantitative estimate of drug-likeness (QED) is 0.598. The molecule has 3 rings (SSSR count). The molecule has 64 valence electrons. The van der Waals surface area contributed by atoms with E-state index in [0.29, 0.717) is 0 Å². The first-order valence-electron chi connectivity index (χ1n) is 4.67. The van der Waals surface area contributed by atoms with Crippen LogP contribution < -0.4 is 5.32 Å². The normalized spacial score (nSPS) is 43.4. The van der Waals surface area contributed by atoms with E-state index in [-0.39, 0.29) is 0 Å². The van der Waals surface area contributed by atoms with E-state index in [9.17, 15) is 0 Å². The van der Waals surface area contributed by atoms with Crippen LogP contribution >= 0.6 is 0 Å². The third-order valence-electron chi connectivity index (χ3n) is 3.29. The van der Waals surface area contributed by atoms with Crippen molar-refractivity contribution in [3.8, 4) is 0 Å². The predicted octanol–water partition coefficient (Wildman–Crippen LogP) is 0.688. The summed E-state index contributed by atoms with van der Waals surface area (Å²) in [6.07, 6.45) is 4.23. The number of nitrogens with zero attached hydrogens (tertiary/aromatic N) is 1. The Bertz CT molecular complexity index is 136. The van der Waals surface area contributed by atoms with Crippen molar-refractivity contribution in [3.05, 3.63) is 0 Å². The number of fused-ring (bicyclic) bond motifs is 3. The van der Waals surface area contributed by atoms with Crippen LogP contribution in [0.3, 0.4) is 0 Å². The number of hydrogen-bond donors (Lipinski definition) is 1. The molecule has 3 unspecified atom stereocenters. The highest BCUT2D eigenvalue weighted by atomic mass is 15.1. The molecule has 0 radical (unpaired) electrons.